The fourth-order valence-corrected chi connectivity index (χ4v) is 2.97. The maximum atomic E-state index is 12.8. The number of nitrogens with zero attached hydrogens (tertiary/aromatic N) is 1. The van der Waals surface area contributed by atoms with E-state index in [-0.39, 0.29) is 5.91 Å². The van der Waals surface area contributed by atoms with E-state index < -0.39 is 0 Å². The highest BCUT2D eigenvalue weighted by molar-refractivity contribution is 7.80. The first-order valence-corrected chi connectivity index (χ1v) is 8.10. The molecule has 5 nitrogen and oxygen atoms in total. The monoisotopic (exact) mass is 354 g/mol. The van der Waals surface area contributed by atoms with Crippen LogP contribution >= 0.6 is 12.2 Å². The lowest BCUT2D eigenvalue weighted by molar-refractivity contribution is -0.113. The Morgan fingerprint density at radius 1 is 1.08 bits per heavy atom. The average molecular weight is 354 g/mol. The van der Waals surface area contributed by atoms with Gasteiger partial charge in [0.1, 0.15) is 5.70 Å². The minimum Gasteiger partial charge on any atom is -0.493 e. The molecule has 1 amide bonds. The van der Waals surface area contributed by atoms with Gasteiger partial charge in [0.2, 0.25) is 0 Å². The Labute approximate surface area is 151 Å². The van der Waals surface area contributed by atoms with Crippen molar-refractivity contribution in [3.8, 4) is 11.5 Å². The van der Waals surface area contributed by atoms with Crippen molar-refractivity contribution in [2.75, 3.05) is 19.1 Å². The maximum absolute atomic E-state index is 12.8. The van der Waals surface area contributed by atoms with Gasteiger partial charge in [-0.3, -0.25) is 9.69 Å². The number of methoxy groups -OCH3 is 2. The summed E-state index contributed by atoms with van der Waals surface area (Å²) >= 11 is 5.35. The molecule has 128 valence electrons. The van der Waals surface area contributed by atoms with Gasteiger partial charge in [0.25, 0.3) is 5.91 Å². The van der Waals surface area contributed by atoms with Gasteiger partial charge in [0.15, 0.2) is 16.6 Å². The summed E-state index contributed by atoms with van der Waals surface area (Å²) < 4.78 is 10.5. The molecule has 3 rings (SSSR count). The van der Waals surface area contributed by atoms with E-state index in [9.17, 15) is 4.79 Å². The zero-order valence-corrected chi connectivity index (χ0v) is 15.0. The van der Waals surface area contributed by atoms with Crippen molar-refractivity contribution < 1.29 is 14.3 Å². The minimum atomic E-state index is -0.186. The number of benzene rings is 2. The number of thiocarbonyl (C=S) groups is 1. The Hall–Kier alpha value is -2.86. The molecule has 2 aromatic rings. The highest BCUT2D eigenvalue weighted by Gasteiger charge is 2.32. The first-order chi connectivity index (χ1) is 12.0. The minimum absolute atomic E-state index is 0.186. The van der Waals surface area contributed by atoms with Crippen LogP contribution in [0.5, 0.6) is 11.5 Å². The van der Waals surface area contributed by atoms with E-state index in [1.165, 1.54) is 4.90 Å². The highest BCUT2D eigenvalue weighted by atomic mass is 32.1. The summed E-state index contributed by atoms with van der Waals surface area (Å²) in [7, 11) is 3.15. The Morgan fingerprint density at radius 2 is 1.80 bits per heavy atom. The predicted molar refractivity (Wildman–Crippen MR) is 102 cm³/mol. The van der Waals surface area contributed by atoms with Crippen molar-refractivity contribution >= 4 is 35.0 Å². The molecule has 1 N–H and O–H groups in total. The van der Waals surface area contributed by atoms with Crippen molar-refractivity contribution in [3.63, 3.8) is 0 Å². The molecule has 2 aromatic carbocycles. The zero-order chi connectivity index (χ0) is 18.0. The Kier molecular flexibility index (Phi) is 4.72. The molecule has 0 spiro atoms. The molecule has 25 heavy (non-hydrogen) atoms. The Bertz CT molecular complexity index is 877. The number of nitrogens with one attached hydrogen (secondary N) is 1. The molecule has 6 heteroatoms. The lowest BCUT2D eigenvalue weighted by atomic mass is 10.1. The van der Waals surface area contributed by atoms with Crippen LogP contribution in [0.2, 0.25) is 0 Å². The largest absolute Gasteiger partial charge is 0.493 e. The first-order valence-electron chi connectivity index (χ1n) is 7.70. The number of amides is 1. The molecule has 0 aromatic heterocycles. The van der Waals surface area contributed by atoms with Crippen LogP contribution in [-0.4, -0.2) is 25.2 Å². The molecule has 0 unspecified atom stereocenters. The summed E-state index contributed by atoms with van der Waals surface area (Å²) in [5, 5.41) is 3.36. The van der Waals surface area contributed by atoms with Gasteiger partial charge in [0, 0.05) is 0 Å². The fourth-order valence-electron chi connectivity index (χ4n) is 2.68. The van der Waals surface area contributed by atoms with E-state index in [0.29, 0.717) is 22.3 Å². The van der Waals surface area contributed by atoms with Gasteiger partial charge >= 0.3 is 0 Å². The van der Waals surface area contributed by atoms with E-state index >= 15 is 0 Å². The van der Waals surface area contributed by atoms with Gasteiger partial charge in [-0.15, -0.1) is 0 Å². The Balaban J connectivity index is 1.95. The molecule has 1 saturated heterocycles. The van der Waals surface area contributed by atoms with Gasteiger partial charge in [-0.2, -0.15) is 0 Å². The Morgan fingerprint density at radius 3 is 2.48 bits per heavy atom. The second-order valence-electron chi connectivity index (χ2n) is 5.53. The average Bonchev–Trinajstić information content (AvgIpc) is 2.89. The SMILES string of the molecule is COc1ccc(/C=C2/NC(=S)N(c3ccccc3C)C2=O)cc1OC. The lowest BCUT2D eigenvalue weighted by Gasteiger charge is -2.16. The molecule has 0 aliphatic carbocycles. The third-order valence-electron chi connectivity index (χ3n) is 3.95. The molecule has 0 saturated carbocycles. The van der Waals surface area contributed by atoms with Crippen LogP contribution in [0.1, 0.15) is 11.1 Å². The topological polar surface area (TPSA) is 50.8 Å². The molecule has 1 aliphatic rings. The second-order valence-corrected chi connectivity index (χ2v) is 5.92. The van der Waals surface area contributed by atoms with Gasteiger partial charge in [-0.05, 0) is 54.5 Å². The summed E-state index contributed by atoms with van der Waals surface area (Å²) in [6.07, 6.45) is 1.74. The number of aryl methyl sites for hydroxylation is 1. The molecule has 0 atom stereocenters. The number of para-hydroxylation sites is 1. The van der Waals surface area contributed by atoms with Crippen molar-refractivity contribution in [3.05, 3.63) is 59.3 Å². The van der Waals surface area contributed by atoms with Crippen molar-refractivity contribution in [1.82, 2.24) is 5.32 Å². The van der Waals surface area contributed by atoms with Crippen LogP contribution in [0.4, 0.5) is 5.69 Å². The maximum Gasteiger partial charge on any atom is 0.281 e. The van der Waals surface area contributed by atoms with Crippen molar-refractivity contribution in [1.29, 1.82) is 0 Å². The summed E-state index contributed by atoms with van der Waals surface area (Å²) in [5.74, 6) is 1.04. The van der Waals surface area contributed by atoms with Gasteiger partial charge in [-0.25, -0.2) is 0 Å². The molecular formula is C19H18N2O3S. The molecule has 1 aliphatic heterocycles. The lowest BCUT2D eigenvalue weighted by Crippen LogP contribution is -2.30. The number of hydrogen-bond donors (Lipinski definition) is 1. The molecule has 1 fully saturated rings. The molecule has 1 heterocycles. The van der Waals surface area contributed by atoms with Gasteiger partial charge < -0.3 is 14.8 Å². The summed E-state index contributed by atoms with van der Waals surface area (Å²) in [6.45, 7) is 1.95. The van der Waals surface area contributed by atoms with Crippen LogP contribution < -0.4 is 19.7 Å². The highest BCUT2D eigenvalue weighted by Crippen LogP contribution is 2.30. The summed E-state index contributed by atoms with van der Waals surface area (Å²) in [5.41, 5.74) is 2.98. The quantitative estimate of drug-likeness (QED) is 0.675. The van der Waals surface area contributed by atoms with E-state index in [0.717, 1.165) is 16.8 Å². The van der Waals surface area contributed by atoms with Crippen LogP contribution in [0.25, 0.3) is 6.08 Å². The second kappa shape index (κ2) is 6.94. The standard InChI is InChI=1S/C19H18N2O3S/c1-12-6-4-5-7-15(12)21-18(22)14(20-19(21)25)10-13-8-9-16(23-2)17(11-13)24-3/h4-11H,1-3H3,(H,20,25)/b14-10+. The number of hydrogen-bond acceptors (Lipinski definition) is 4. The number of carbonyl (C=O) groups is 1. The predicted octanol–water partition coefficient (Wildman–Crippen LogP) is 3.27. The summed E-state index contributed by atoms with van der Waals surface area (Å²) in [4.78, 5) is 14.3. The van der Waals surface area contributed by atoms with E-state index in [2.05, 4.69) is 5.32 Å². The number of carbonyl (C=O) groups excluding carboxylic acids is 1. The third-order valence-corrected chi connectivity index (χ3v) is 4.24. The first kappa shape index (κ1) is 17.0. The van der Waals surface area contributed by atoms with Crippen molar-refractivity contribution in [2.24, 2.45) is 0 Å². The van der Waals surface area contributed by atoms with E-state index in [1.807, 2.05) is 37.3 Å². The van der Waals surface area contributed by atoms with Gasteiger partial charge in [-0.1, -0.05) is 24.3 Å². The third kappa shape index (κ3) is 3.21. The van der Waals surface area contributed by atoms with Crippen LogP contribution in [0, 0.1) is 6.92 Å². The van der Waals surface area contributed by atoms with E-state index in [1.54, 1.807) is 32.4 Å². The molecule has 0 bridgehead atoms. The van der Waals surface area contributed by atoms with E-state index in [4.69, 9.17) is 21.7 Å². The molecule has 0 radical (unpaired) electrons. The number of rotatable bonds is 4. The number of anilines is 1. The normalized spacial score (nSPS) is 15.5. The summed E-state index contributed by atoms with van der Waals surface area (Å²) in [6, 6.07) is 13.1. The smallest absolute Gasteiger partial charge is 0.281 e. The zero-order valence-electron chi connectivity index (χ0n) is 14.2. The van der Waals surface area contributed by atoms with Crippen LogP contribution in [-0.2, 0) is 4.79 Å². The van der Waals surface area contributed by atoms with Crippen LogP contribution in [0.15, 0.2) is 48.2 Å². The van der Waals surface area contributed by atoms with Gasteiger partial charge in [0.05, 0.1) is 19.9 Å². The molecular weight excluding hydrogens is 336 g/mol. The van der Waals surface area contributed by atoms with Crippen LogP contribution in [0.3, 0.4) is 0 Å². The fraction of sp³-hybridized carbons (Fsp3) is 0.158. The van der Waals surface area contributed by atoms with Crippen molar-refractivity contribution in [2.45, 2.75) is 6.92 Å². The number of ether oxygens (including phenoxy) is 2.